The molecule has 98 valence electrons. The first-order valence-corrected chi connectivity index (χ1v) is 6.36. The average molecular weight is 262 g/mol. The molecule has 0 spiro atoms. The fourth-order valence-electron chi connectivity index (χ4n) is 1.92. The molecule has 1 heterocycles. The van der Waals surface area contributed by atoms with Crippen LogP contribution in [0.15, 0.2) is 72.9 Å². The van der Waals surface area contributed by atoms with Crippen molar-refractivity contribution in [2.24, 2.45) is 0 Å². The molecule has 0 saturated heterocycles. The van der Waals surface area contributed by atoms with Crippen LogP contribution >= 0.6 is 0 Å². The SMILES string of the molecule is Nc1ccc(Oc2ccc(-c3ccccc3)cc2)nc1. The van der Waals surface area contributed by atoms with Gasteiger partial charge in [0.15, 0.2) is 0 Å². The first-order valence-electron chi connectivity index (χ1n) is 6.36. The second kappa shape index (κ2) is 5.45. The minimum atomic E-state index is 0.534. The maximum Gasteiger partial charge on any atom is 0.219 e. The number of hydrogen-bond acceptors (Lipinski definition) is 3. The zero-order valence-corrected chi connectivity index (χ0v) is 10.9. The van der Waals surface area contributed by atoms with E-state index in [1.165, 1.54) is 5.56 Å². The summed E-state index contributed by atoms with van der Waals surface area (Å²) in [7, 11) is 0. The van der Waals surface area contributed by atoms with Gasteiger partial charge < -0.3 is 10.5 Å². The fourth-order valence-corrected chi connectivity index (χ4v) is 1.92. The molecule has 2 N–H and O–H groups in total. The van der Waals surface area contributed by atoms with Crippen LogP contribution in [0.5, 0.6) is 11.6 Å². The topological polar surface area (TPSA) is 48.1 Å². The second-order valence-corrected chi connectivity index (χ2v) is 4.42. The molecule has 0 fully saturated rings. The molecule has 0 bridgehead atoms. The van der Waals surface area contributed by atoms with Crippen LogP contribution < -0.4 is 10.5 Å². The molecule has 1 aromatic heterocycles. The molecule has 0 aliphatic carbocycles. The number of anilines is 1. The van der Waals surface area contributed by atoms with E-state index in [0.717, 1.165) is 11.3 Å². The Morgan fingerprint density at radius 2 is 1.45 bits per heavy atom. The summed E-state index contributed by atoms with van der Waals surface area (Å²) in [6, 6.07) is 21.7. The molecule has 3 rings (SSSR count). The van der Waals surface area contributed by atoms with Crippen molar-refractivity contribution in [2.45, 2.75) is 0 Å². The van der Waals surface area contributed by atoms with Crippen molar-refractivity contribution in [3.8, 4) is 22.8 Å². The van der Waals surface area contributed by atoms with Gasteiger partial charge in [0.25, 0.3) is 0 Å². The first-order chi connectivity index (χ1) is 9.81. The van der Waals surface area contributed by atoms with Crippen molar-refractivity contribution < 1.29 is 4.74 Å². The molecule has 0 atom stereocenters. The zero-order chi connectivity index (χ0) is 13.8. The van der Waals surface area contributed by atoms with Gasteiger partial charge in [-0.2, -0.15) is 0 Å². The van der Waals surface area contributed by atoms with Crippen molar-refractivity contribution in [3.05, 3.63) is 72.9 Å². The maximum atomic E-state index is 5.66. The second-order valence-electron chi connectivity index (χ2n) is 4.42. The summed E-state index contributed by atoms with van der Waals surface area (Å²) >= 11 is 0. The summed E-state index contributed by atoms with van der Waals surface area (Å²) in [5.41, 5.74) is 8.55. The number of nitrogens with two attached hydrogens (primary N) is 1. The number of ether oxygens (including phenoxy) is 1. The van der Waals surface area contributed by atoms with Gasteiger partial charge in [-0.3, -0.25) is 0 Å². The van der Waals surface area contributed by atoms with Gasteiger partial charge >= 0.3 is 0 Å². The van der Waals surface area contributed by atoms with Crippen LogP contribution in [0, 0.1) is 0 Å². The van der Waals surface area contributed by atoms with Gasteiger partial charge in [-0.15, -0.1) is 0 Å². The van der Waals surface area contributed by atoms with Gasteiger partial charge in [0, 0.05) is 6.07 Å². The highest BCUT2D eigenvalue weighted by Crippen LogP contribution is 2.24. The molecule has 0 aliphatic rings. The number of hydrogen-bond donors (Lipinski definition) is 1. The number of nitrogens with zero attached hydrogens (tertiary/aromatic N) is 1. The predicted molar refractivity (Wildman–Crippen MR) is 80.6 cm³/mol. The van der Waals surface area contributed by atoms with E-state index in [1.807, 2.05) is 42.5 Å². The average Bonchev–Trinajstić information content (AvgIpc) is 2.51. The van der Waals surface area contributed by atoms with Crippen LogP contribution in [0.4, 0.5) is 5.69 Å². The van der Waals surface area contributed by atoms with Gasteiger partial charge in [0.2, 0.25) is 5.88 Å². The van der Waals surface area contributed by atoms with E-state index in [9.17, 15) is 0 Å². The van der Waals surface area contributed by atoms with Crippen molar-refractivity contribution in [2.75, 3.05) is 5.73 Å². The molecule has 20 heavy (non-hydrogen) atoms. The molecule has 2 aromatic carbocycles. The molecule has 3 heteroatoms. The molecular weight excluding hydrogens is 248 g/mol. The van der Waals surface area contributed by atoms with Crippen LogP contribution in [-0.4, -0.2) is 4.98 Å². The Kier molecular flexibility index (Phi) is 3.33. The van der Waals surface area contributed by atoms with Crippen LogP contribution in [0.2, 0.25) is 0 Å². The van der Waals surface area contributed by atoms with E-state index in [0.29, 0.717) is 11.6 Å². The smallest absolute Gasteiger partial charge is 0.219 e. The number of pyridine rings is 1. The monoisotopic (exact) mass is 262 g/mol. The molecule has 0 saturated carbocycles. The van der Waals surface area contributed by atoms with E-state index in [-0.39, 0.29) is 0 Å². The fraction of sp³-hybridized carbons (Fsp3) is 0. The Bertz CT molecular complexity index is 676. The minimum absolute atomic E-state index is 0.534. The van der Waals surface area contributed by atoms with Crippen molar-refractivity contribution in [3.63, 3.8) is 0 Å². The van der Waals surface area contributed by atoms with Crippen molar-refractivity contribution >= 4 is 5.69 Å². The number of aromatic nitrogens is 1. The Balaban J connectivity index is 1.78. The third-order valence-corrected chi connectivity index (χ3v) is 2.94. The Labute approximate surface area is 117 Å². The van der Waals surface area contributed by atoms with Gasteiger partial charge in [0.1, 0.15) is 5.75 Å². The highest BCUT2D eigenvalue weighted by Gasteiger charge is 2.00. The van der Waals surface area contributed by atoms with Gasteiger partial charge in [-0.25, -0.2) is 4.98 Å². The van der Waals surface area contributed by atoms with E-state index >= 15 is 0 Å². The quantitative estimate of drug-likeness (QED) is 0.772. The highest BCUT2D eigenvalue weighted by molar-refractivity contribution is 5.64. The summed E-state index contributed by atoms with van der Waals surface area (Å²) in [5, 5.41) is 0. The first kappa shape index (κ1) is 12.2. The van der Waals surface area contributed by atoms with Gasteiger partial charge in [-0.05, 0) is 29.3 Å². The normalized spacial score (nSPS) is 10.2. The van der Waals surface area contributed by atoms with Crippen LogP contribution in [0.25, 0.3) is 11.1 Å². The summed E-state index contributed by atoms with van der Waals surface area (Å²) in [5.74, 6) is 1.29. The molecule has 3 nitrogen and oxygen atoms in total. The lowest BCUT2D eigenvalue weighted by molar-refractivity contribution is 0.463. The van der Waals surface area contributed by atoms with Crippen LogP contribution in [0.3, 0.4) is 0 Å². The van der Waals surface area contributed by atoms with Crippen molar-refractivity contribution in [1.82, 2.24) is 4.98 Å². The highest BCUT2D eigenvalue weighted by atomic mass is 16.5. The third-order valence-electron chi connectivity index (χ3n) is 2.94. The molecule has 3 aromatic rings. The lowest BCUT2D eigenvalue weighted by Crippen LogP contribution is -1.90. The molecule has 0 aliphatic heterocycles. The van der Waals surface area contributed by atoms with E-state index in [1.54, 1.807) is 18.3 Å². The third kappa shape index (κ3) is 2.78. The van der Waals surface area contributed by atoms with E-state index in [2.05, 4.69) is 17.1 Å². The summed E-state index contributed by atoms with van der Waals surface area (Å²) < 4.78 is 5.66. The van der Waals surface area contributed by atoms with Crippen molar-refractivity contribution in [1.29, 1.82) is 0 Å². The van der Waals surface area contributed by atoms with Crippen LogP contribution in [-0.2, 0) is 0 Å². The Hall–Kier alpha value is -2.81. The number of nitrogen functional groups attached to an aromatic ring is 1. The number of rotatable bonds is 3. The summed E-state index contributed by atoms with van der Waals surface area (Å²) in [6.45, 7) is 0. The largest absolute Gasteiger partial charge is 0.439 e. The van der Waals surface area contributed by atoms with Gasteiger partial charge in [-0.1, -0.05) is 42.5 Å². The molecular formula is C17H14N2O. The molecule has 0 amide bonds. The minimum Gasteiger partial charge on any atom is -0.439 e. The maximum absolute atomic E-state index is 5.66. The zero-order valence-electron chi connectivity index (χ0n) is 10.9. The summed E-state index contributed by atoms with van der Waals surface area (Å²) in [6.07, 6.45) is 1.58. The molecule has 0 radical (unpaired) electrons. The number of benzene rings is 2. The lowest BCUT2D eigenvalue weighted by atomic mass is 10.1. The van der Waals surface area contributed by atoms with Crippen LogP contribution in [0.1, 0.15) is 0 Å². The van der Waals surface area contributed by atoms with E-state index < -0.39 is 0 Å². The lowest BCUT2D eigenvalue weighted by Gasteiger charge is -2.06. The Morgan fingerprint density at radius 3 is 2.10 bits per heavy atom. The standard InChI is InChI=1S/C17H14N2O/c18-15-8-11-17(19-12-15)20-16-9-6-14(7-10-16)13-4-2-1-3-5-13/h1-12H,18H2. The van der Waals surface area contributed by atoms with E-state index in [4.69, 9.17) is 10.5 Å². The van der Waals surface area contributed by atoms with Gasteiger partial charge in [0.05, 0.1) is 11.9 Å². The molecule has 0 unspecified atom stereocenters. The Morgan fingerprint density at radius 1 is 0.750 bits per heavy atom. The predicted octanol–water partition coefficient (Wildman–Crippen LogP) is 4.12. The summed E-state index contributed by atoms with van der Waals surface area (Å²) in [4.78, 5) is 4.11.